The molecule has 1 aromatic carbocycles. The van der Waals surface area contributed by atoms with Crippen LogP contribution < -0.4 is 0 Å². The van der Waals surface area contributed by atoms with Gasteiger partial charge in [0.05, 0.1) is 6.42 Å². The van der Waals surface area contributed by atoms with Gasteiger partial charge >= 0.3 is 6.18 Å². The van der Waals surface area contributed by atoms with Gasteiger partial charge in [0.15, 0.2) is 0 Å². The number of allylic oxidation sites excluding steroid dienone is 1. The maximum atomic E-state index is 12.1. The fourth-order valence-corrected chi connectivity index (χ4v) is 1.22. The molecular formula is C11H9F3O. The van der Waals surface area contributed by atoms with E-state index in [2.05, 4.69) is 0 Å². The summed E-state index contributed by atoms with van der Waals surface area (Å²) in [5.74, 6) is 0. The lowest BCUT2D eigenvalue weighted by Gasteiger charge is -2.08. The van der Waals surface area contributed by atoms with Crippen LogP contribution in [0.4, 0.5) is 13.2 Å². The Morgan fingerprint density at radius 2 is 1.87 bits per heavy atom. The first-order valence-electron chi connectivity index (χ1n) is 4.29. The molecule has 1 nitrogen and oxygen atoms in total. The normalized spacial score (nSPS) is 11.9. The highest BCUT2D eigenvalue weighted by molar-refractivity contribution is 5.74. The monoisotopic (exact) mass is 214 g/mol. The number of halogens is 3. The molecule has 0 saturated heterocycles. The van der Waals surface area contributed by atoms with Gasteiger partial charge in [-0.05, 0) is 17.2 Å². The van der Waals surface area contributed by atoms with Crippen LogP contribution in [0.2, 0.25) is 0 Å². The van der Waals surface area contributed by atoms with Crippen LogP contribution in [0.1, 0.15) is 11.1 Å². The van der Waals surface area contributed by atoms with E-state index in [1.807, 2.05) is 0 Å². The maximum absolute atomic E-state index is 12.1. The zero-order chi connectivity index (χ0) is 11.3. The summed E-state index contributed by atoms with van der Waals surface area (Å²) < 4.78 is 36.4. The molecule has 0 saturated carbocycles. The average molecular weight is 214 g/mol. The van der Waals surface area contributed by atoms with Crippen LogP contribution in [-0.2, 0) is 11.2 Å². The van der Waals surface area contributed by atoms with Crippen molar-refractivity contribution in [2.24, 2.45) is 0 Å². The van der Waals surface area contributed by atoms with Crippen molar-refractivity contribution in [3.8, 4) is 0 Å². The van der Waals surface area contributed by atoms with E-state index in [0.29, 0.717) is 11.8 Å². The summed E-state index contributed by atoms with van der Waals surface area (Å²) in [7, 11) is 0. The van der Waals surface area contributed by atoms with Gasteiger partial charge in [0.1, 0.15) is 6.29 Å². The fraction of sp³-hybridized carbons (Fsp3) is 0.182. The van der Waals surface area contributed by atoms with Crippen molar-refractivity contribution in [3.63, 3.8) is 0 Å². The average Bonchev–Trinajstić information content (AvgIpc) is 2.14. The molecule has 0 atom stereocenters. The second kappa shape index (κ2) is 4.77. The molecule has 0 spiro atoms. The van der Waals surface area contributed by atoms with Crippen molar-refractivity contribution in [1.82, 2.24) is 0 Å². The van der Waals surface area contributed by atoms with Gasteiger partial charge in [-0.3, -0.25) is 4.79 Å². The number of benzene rings is 1. The second-order valence-corrected chi connectivity index (χ2v) is 2.99. The predicted octanol–water partition coefficient (Wildman–Crippen LogP) is 3.00. The van der Waals surface area contributed by atoms with Crippen molar-refractivity contribution < 1.29 is 18.0 Å². The first-order valence-corrected chi connectivity index (χ1v) is 4.29. The highest BCUT2D eigenvalue weighted by Crippen LogP contribution is 2.23. The molecule has 15 heavy (non-hydrogen) atoms. The van der Waals surface area contributed by atoms with Crippen molar-refractivity contribution in [2.75, 3.05) is 0 Å². The summed E-state index contributed by atoms with van der Waals surface area (Å²) in [6.07, 6.45) is -2.13. The van der Waals surface area contributed by atoms with E-state index in [9.17, 15) is 18.0 Å². The van der Waals surface area contributed by atoms with E-state index in [0.717, 1.165) is 0 Å². The zero-order valence-corrected chi connectivity index (χ0v) is 7.79. The van der Waals surface area contributed by atoms with Gasteiger partial charge in [0, 0.05) is 0 Å². The Balaban J connectivity index is 2.96. The summed E-state index contributed by atoms with van der Waals surface area (Å²) >= 11 is 0. The smallest absolute Gasteiger partial charge is 0.299 e. The molecule has 1 aromatic rings. The molecule has 0 aromatic heterocycles. The molecule has 0 aliphatic carbocycles. The molecule has 0 aliphatic rings. The van der Waals surface area contributed by atoms with E-state index in [-0.39, 0.29) is 5.56 Å². The second-order valence-electron chi connectivity index (χ2n) is 2.99. The van der Waals surface area contributed by atoms with Gasteiger partial charge in [0.2, 0.25) is 0 Å². The number of rotatable bonds is 3. The highest BCUT2D eigenvalue weighted by Gasteiger charge is 2.28. The fourth-order valence-electron chi connectivity index (χ4n) is 1.22. The van der Waals surface area contributed by atoms with Crippen LogP contribution in [-0.4, -0.2) is 12.5 Å². The Morgan fingerprint density at radius 3 is 2.47 bits per heavy atom. The minimum absolute atomic E-state index is 0.170. The van der Waals surface area contributed by atoms with Crippen LogP contribution in [0, 0.1) is 0 Å². The molecule has 0 heterocycles. The van der Waals surface area contributed by atoms with E-state index in [1.165, 1.54) is 18.2 Å². The molecule has 0 fully saturated rings. The lowest BCUT2D eigenvalue weighted by molar-refractivity contribution is -0.127. The van der Waals surface area contributed by atoms with Gasteiger partial charge in [-0.15, -0.1) is 0 Å². The molecule has 0 unspecified atom stereocenters. The van der Waals surface area contributed by atoms with E-state index >= 15 is 0 Å². The first-order chi connectivity index (χ1) is 7.03. The Morgan fingerprint density at radius 1 is 1.20 bits per heavy atom. The molecule has 4 heteroatoms. The Labute approximate surface area is 85.2 Å². The van der Waals surface area contributed by atoms with Crippen LogP contribution in [0.3, 0.4) is 0 Å². The van der Waals surface area contributed by atoms with E-state index in [4.69, 9.17) is 0 Å². The lowest BCUT2D eigenvalue weighted by Crippen LogP contribution is -2.12. The summed E-state index contributed by atoms with van der Waals surface area (Å²) in [4.78, 5) is 10.1. The molecule has 80 valence electrons. The summed E-state index contributed by atoms with van der Waals surface area (Å²) in [6.45, 7) is 0. The maximum Gasteiger partial charge on any atom is 0.393 e. The molecule has 0 N–H and O–H groups in total. The van der Waals surface area contributed by atoms with Gasteiger partial charge in [-0.25, -0.2) is 0 Å². The molecule has 0 radical (unpaired) electrons. The van der Waals surface area contributed by atoms with Crippen LogP contribution in [0.15, 0.2) is 30.3 Å². The highest BCUT2D eigenvalue weighted by atomic mass is 19.4. The number of aldehydes is 1. The number of carbonyl (C=O) groups is 1. The minimum atomic E-state index is -4.23. The summed E-state index contributed by atoms with van der Waals surface area (Å²) in [5.41, 5.74) is 0.588. The SMILES string of the molecule is O=C/C=C/c1ccccc1CC(F)(F)F. The predicted molar refractivity (Wildman–Crippen MR) is 51.3 cm³/mol. The van der Waals surface area contributed by atoms with Crippen LogP contribution >= 0.6 is 0 Å². The van der Waals surface area contributed by atoms with Crippen molar-refractivity contribution in [3.05, 3.63) is 41.5 Å². The van der Waals surface area contributed by atoms with Gasteiger partial charge < -0.3 is 0 Å². The quantitative estimate of drug-likeness (QED) is 0.558. The third kappa shape index (κ3) is 3.97. The van der Waals surface area contributed by atoms with Crippen LogP contribution in [0.25, 0.3) is 6.08 Å². The Bertz CT molecular complexity index is 366. The van der Waals surface area contributed by atoms with Gasteiger partial charge in [0.25, 0.3) is 0 Å². The summed E-state index contributed by atoms with van der Waals surface area (Å²) in [5, 5.41) is 0. The van der Waals surface area contributed by atoms with Crippen molar-refractivity contribution in [1.29, 1.82) is 0 Å². The van der Waals surface area contributed by atoms with E-state index in [1.54, 1.807) is 18.2 Å². The first kappa shape index (κ1) is 11.5. The third-order valence-electron chi connectivity index (χ3n) is 1.80. The molecule has 0 aliphatic heterocycles. The third-order valence-corrected chi connectivity index (χ3v) is 1.80. The number of hydrogen-bond acceptors (Lipinski definition) is 1. The van der Waals surface area contributed by atoms with E-state index < -0.39 is 12.6 Å². The molecule has 0 amide bonds. The van der Waals surface area contributed by atoms with Gasteiger partial charge in [-0.2, -0.15) is 13.2 Å². The lowest BCUT2D eigenvalue weighted by atomic mass is 10.0. The Kier molecular flexibility index (Phi) is 3.66. The molecular weight excluding hydrogens is 205 g/mol. The standard InChI is InChI=1S/C11H9F3O/c12-11(13,14)8-10-5-2-1-4-9(10)6-3-7-15/h1-7H,8H2/b6-3+. The van der Waals surface area contributed by atoms with Crippen molar-refractivity contribution >= 4 is 12.4 Å². The van der Waals surface area contributed by atoms with Gasteiger partial charge in [-0.1, -0.05) is 30.3 Å². The van der Waals surface area contributed by atoms with Crippen LogP contribution in [0.5, 0.6) is 0 Å². The number of hydrogen-bond donors (Lipinski definition) is 0. The number of alkyl halides is 3. The molecule has 1 rings (SSSR count). The topological polar surface area (TPSA) is 17.1 Å². The minimum Gasteiger partial charge on any atom is -0.299 e. The molecule has 0 bridgehead atoms. The summed E-state index contributed by atoms with van der Waals surface area (Å²) in [6, 6.07) is 6.11. The largest absolute Gasteiger partial charge is 0.393 e. The van der Waals surface area contributed by atoms with Crippen molar-refractivity contribution in [2.45, 2.75) is 12.6 Å². The number of carbonyl (C=O) groups excluding carboxylic acids is 1. The zero-order valence-electron chi connectivity index (χ0n) is 7.79. The Hall–Kier alpha value is -1.58.